The van der Waals surface area contributed by atoms with Crippen molar-refractivity contribution in [1.82, 2.24) is 0 Å². The third kappa shape index (κ3) is 5.11. The van der Waals surface area contributed by atoms with Crippen LogP contribution < -0.4 is 14.8 Å². The number of halogens is 1. The number of methoxy groups -OCH3 is 1. The van der Waals surface area contributed by atoms with Gasteiger partial charge in [0.1, 0.15) is 6.61 Å². The van der Waals surface area contributed by atoms with E-state index in [9.17, 15) is 14.9 Å². The van der Waals surface area contributed by atoms with Gasteiger partial charge in [-0.25, -0.2) is 0 Å². The number of rotatable bonds is 7. The van der Waals surface area contributed by atoms with Gasteiger partial charge in [-0.1, -0.05) is 36.4 Å². The Morgan fingerprint density at radius 3 is 2.55 bits per heavy atom. The number of nitrogens with zero attached hydrogens (tertiary/aromatic N) is 1. The second kappa shape index (κ2) is 9.20. The van der Waals surface area contributed by atoms with Crippen molar-refractivity contribution in [3.05, 3.63) is 92.4 Å². The van der Waals surface area contributed by atoms with E-state index >= 15 is 0 Å². The van der Waals surface area contributed by atoms with E-state index in [0.29, 0.717) is 33.8 Å². The minimum atomic E-state index is -0.519. The molecule has 0 heterocycles. The fraction of sp³-hybridized carbons (Fsp3) is 0.0952. The van der Waals surface area contributed by atoms with Gasteiger partial charge in [-0.2, -0.15) is 0 Å². The molecule has 1 amide bonds. The predicted octanol–water partition coefficient (Wildman–Crippen LogP) is 5.20. The van der Waals surface area contributed by atoms with E-state index in [0.717, 1.165) is 5.56 Å². The van der Waals surface area contributed by atoms with Crippen molar-refractivity contribution < 1.29 is 19.2 Å². The second-order valence-electron chi connectivity index (χ2n) is 6.03. The molecule has 0 bridgehead atoms. The van der Waals surface area contributed by atoms with E-state index in [4.69, 9.17) is 9.47 Å². The molecular weight excluding hydrogens is 440 g/mol. The quantitative estimate of drug-likeness (QED) is 0.389. The fourth-order valence-electron chi connectivity index (χ4n) is 2.64. The van der Waals surface area contributed by atoms with Crippen LogP contribution >= 0.6 is 15.9 Å². The third-order valence-electron chi connectivity index (χ3n) is 4.03. The number of carbonyl (C=O) groups excluding carboxylic acids is 1. The maximum atomic E-state index is 12.7. The SMILES string of the molecule is COc1c(Br)cc(C(=O)Nc2cccc([N+](=O)[O-])c2)cc1OCc1ccccc1. The highest BCUT2D eigenvalue weighted by Crippen LogP contribution is 2.37. The minimum Gasteiger partial charge on any atom is -0.492 e. The highest BCUT2D eigenvalue weighted by molar-refractivity contribution is 9.10. The summed E-state index contributed by atoms with van der Waals surface area (Å²) in [5.41, 5.74) is 1.50. The van der Waals surface area contributed by atoms with Crippen molar-refractivity contribution in [2.75, 3.05) is 12.4 Å². The molecule has 0 aliphatic rings. The molecule has 0 saturated heterocycles. The van der Waals surface area contributed by atoms with Crippen LogP contribution in [0.2, 0.25) is 0 Å². The molecule has 0 unspecified atom stereocenters. The molecule has 0 aliphatic heterocycles. The number of hydrogen-bond donors (Lipinski definition) is 1. The lowest BCUT2D eigenvalue weighted by atomic mass is 10.1. The van der Waals surface area contributed by atoms with Gasteiger partial charge in [0.05, 0.1) is 16.5 Å². The maximum absolute atomic E-state index is 12.7. The number of carbonyl (C=O) groups is 1. The maximum Gasteiger partial charge on any atom is 0.271 e. The average Bonchev–Trinajstić information content (AvgIpc) is 2.72. The van der Waals surface area contributed by atoms with Crippen LogP contribution in [0.25, 0.3) is 0 Å². The number of anilines is 1. The summed E-state index contributed by atoms with van der Waals surface area (Å²) in [7, 11) is 1.51. The largest absolute Gasteiger partial charge is 0.492 e. The van der Waals surface area contributed by atoms with Crippen LogP contribution in [0.3, 0.4) is 0 Å². The number of amides is 1. The number of hydrogen-bond acceptors (Lipinski definition) is 5. The van der Waals surface area contributed by atoms with Gasteiger partial charge in [-0.15, -0.1) is 0 Å². The summed E-state index contributed by atoms with van der Waals surface area (Å²) >= 11 is 3.39. The van der Waals surface area contributed by atoms with Gasteiger partial charge in [-0.05, 0) is 39.7 Å². The van der Waals surface area contributed by atoms with Crippen LogP contribution in [0.5, 0.6) is 11.5 Å². The average molecular weight is 457 g/mol. The zero-order chi connectivity index (χ0) is 20.8. The van der Waals surface area contributed by atoms with Crippen LogP contribution in [0, 0.1) is 10.1 Å². The summed E-state index contributed by atoms with van der Waals surface area (Å²) in [5, 5.41) is 13.6. The van der Waals surface area contributed by atoms with Gasteiger partial charge in [0.2, 0.25) is 0 Å². The monoisotopic (exact) mass is 456 g/mol. The topological polar surface area (TPSA) is 90.7 Å². The molecule has 3 rings (SSSR count). The summed E-state index contributed by atoms with van der Waals surface area (Å²) in [6, 6.07) is 18.5. The normalized spacial score (nSPS) is 10.3. The lowest BCUT2D eigenvalue weighted by Gasteiger charge is -2.14. The second-order valence-corrected chi connectivity index (χ2v) is 6.88. The van der Waals surface area contributed by atoms with Gasteiger partial charge in [0, 0.05) is 23.4 Å². The first kappa shape index (κ1) is 20.3. The van der Waals surface area contributed by atoms with Crippen LogP contribution in [0.15, 0.2) is 71.2 Å². The van der Waals surface area contributed by atoms with Crippen molar-refractivity contribution in [3.8, 4) is 11.5 Å². The predicted molar refractivity (Wildman–Crippen MR) is 113 cm³/mol. The summed E-state index contributed by atoms with van der Waals surface area (Å²) in [4.78, 5) is 23.1. The molecule has 0 aliphatic carbocycles. The molecule has 3 aromatic carbocycles. The number of non-ortho nitro benzene ring substituents is 1. The Bertz CT molecular complexity index is 1040. The number of ether oxygens (including phenoxy) is 2. The molecule has 0 spiro atoms. The van der Waals surface area contributed by atoms with E-state index in [2.05, 4.69) is 21.2 Å². The van der Waals surface area contributed by atoms with Crippen molar-refractivity contribution in [2.45, 2.75) is 6.61 Å². The lowest BCUT2D eigenvalue weighted by molar-refractivity contribution is -0.384. The molecule has 1 N–H and O–H groups in total. The first-order valence-electron chi connectivity index (χ1n) is 8.58. The molecule has 3 aromatic rings. The Kier molecular flexibility index (Phi) is 6.46. The first-order chi connectivity index (χ1) is 14.0. The minimum absolute atomic E-state index is 0.106. The number of nitrogens with one attached hydrogen (secondary N) is 1. The molecule has 8 heteroatoms. The van der Waals surface area contributed by atoms with E-state index in [-0.39, 0.29) is 5.69 Å². The van der Waals surface area contributed by atoms with E-state index in [1.54, 1.807) is 18.2 Å². The number of benzene rings is 3. The molecule has 0 atom stereocenters. The van der Waals surface area contributed by atoms with Crippen molar-refractivity contribution in [1.29, 1.82) is 0 Å². The van der Waals surface area contributed by atoms with Crippen molar-refractivity contribution in [2.24, 2.45) is 0 Å². The molecule has 0 fully saturated rings. The van der Waals surface area contributed by atoms with Gasteiger partial charge in [-0.3, -0.25) is 14.9 Å². The smallest absolute Gasteiger partial charge is 0.271 e. The molecule has 148 valence electrons. The van der Waals surface area contributed by atoms with E-state index < -0.39 is 10.8 Å². The summed E-state index contributed by atoms with van der Waals surface area (Å²) in [6.07, 6.45) is 0. The molecule has 0 aromatic heterocycles. The highest BCUT2D eigenvalue weighted by atomic mass is 79.9. The van der Waals surface area contributed by atoms with Crippen LogP contribution in [0.1, 0.15) is 15.9 Å². The van der Waals surface area contributed by atoms with Gasteiger partial charge in [0.25, 0.3) is 11.6 Å². The Balaban J connectivity index is 1.83. The van der Waals surface area contributed by atoms with Crippen LogP contribution in [-0.2, 0) is 6.61 Å². The van der Waals surface area contributed by atoms with Crippen LogP contribution in [-0.4, -0.2) is 17.9 Å². The van der Waals surface area contributed by atoms with E-state index in [1.807, 2.05) is 30.3 Å². The van der Waals surface area contributed by atoms with Gasteiger partial charge >= 0.3 is 0 Å². The van der Waals surface area contributed by atoms with Gasteiger partial charge in [0.15, 0.2) is 11.5 Å². The fourth-order valence-corrected chi connectivity index (χ4v) is 3.24. The zero-order valence-electron chi connectivity index (χ0n) is 15.4. The Labute approximate surface area is 175 Å². The Morgan fingerprint density at radius 1 is 1.10 bits per heavy atom. The van der Waals surface area contributed by atoms with Crippen molar-refractivity contribution in [3.63, 3.8) is 0 Å². The number of nitro groups is 1. The molecule has 7 nitrogen and oxygen atoms in total. The summed E-state index contributed by atoms with van der Waals surface area (Å²) < 4.78 is 11.8. The molecule has 29 heavy (non-hydrogen) atoms. The first-order valence-corrected chi connectivity index (χ1v) is 9.37. The third-order valence-corrected chi connectivity index (χ3v) is 4.62. The lowest BCUT2D eigenvalue weighted by Crippen LogP contribution is -2.12. The van der Waals surface area contributed by atoms with Crippen LogP contribution in [0.4, 0.5) is 11.4 Å². The van der Waals surface area contributed by atoms with Gasteiger partial charge < -0.3 is 14.8 Å². The van der Waals surface area contributed by atoms with Crippen molar-refractivity contribution >= 4 is 33.2 Å². The number of nitro benzene ring substituents is 1. The molecule has 0 saturated carbocycles. The standard InChI is InChI=1S/C21H17BrN2O5/c1-28-20-18(22)10-15(11-19(20)29-13-14-6-3-2-4-7-14)21(25)23-16-8-5-9-17(12-16)24(26)27/h2-12H,13H2,1H3,(H,23,25). The highest BCUT2D eigenvalue weighted by Gasteiger charge is 2.17. The Hall–Kier alpha value is -3.39. The molecular formula is C21H17BrN2O5. The van der Waals surface area contributed by atoms with E-state index in [1.165, 1.54) is 25.3 Å². The zero-order valence-corrected chi connectivity index (χ0v) is 17.0. The Morgan fingerprint density at radius 2 is 1.86 bits per heavy atom. The molecule has 0 radical (unpaired) electrons. The summed E-state index contributed by atoms with van der Waals surface area (Å²) in [5.74, 6) is 0.432. The summed E-state index contributed by atoms with van der Waals surface area (Å²) in [6.45, 7) is 0.305.